The number of dihydropyridines is 1. The van der Waals surface area contributed by atoms with E-state index in [1.54, 1.807) is 22.7 Å². The molecule has 0 spiro atoms. The van der Waals surface area contributed by atoms with E-state index in [2.05, 4.69) is 16.8 Å². The smallest absolute Gasteiger partial charge is 0.336 e. The summed E-state index contributed by atoms with van der Waals surface area (Å²) in [5.74, 6) is -0.101. The summed E-state index contributed by atoms with van der Waals surface area (Å²) in [7, 11) is 0. The maximum absolute atomic E-state index is 13.3. The molecule has 6 heteroatoms. The molecule has 152 valence electrons. The van der Waals surface area contributed by atoms with Crippen LogP contribution in [0.3, 0.4) is 0 Å². The minimum atomic E-state index is -0.345. The molecule has 0 radical (unpaired) electrons. The highest BCUT2D eigenvalue weighted by molar-refractivity contribution is 7.10. The SMILES string of the molecule is CC1=C(C(=O)OCC(C)C)[C@@H](c2cccs2)C2=C(C[C@@H](c3cccs3)CC2=O)N1. The van der Waals surface area contributed by atoms with Gasteiger partial charge >= 0.3 is 5.97 Å². The number of carbonyl (C=O) groups excluding carboxylic acids is 2. The summed E-state index contributed by atoms with van der Waals surface area (Å²) in [4.78, 5) is 28.6. The maximum atomic E-state index is 13.3. The molecule has 2 aromatic rings. The summed E-state index contributed by atoms with van der Waals surface area (Å²) in [6.07, 6.45) is 1.27. The average molecular weight is 428 g/mol. The number of hydrogen-bond acceptors (Lipinski definition) is 6. The number of nitrogens with one attached hydrogen (secondary N) is 1. The van der Waals surface area contributed by atoms with Gasteiger partial charge in [-0.1, -0.05) is 26.0 Å². The topological polar surface area (TPSA) is 55.4 Å². The van der Waals surface area contributed by atoms with Gasteiger partial charge in [0.25, 0.3) is 0 Å². The third-order valence-corrected chi connectivity index (χ3v) is 7.34. The molecule has 4 nitrogen and oxygen atoms in total. The fraction of sp³-hybridized carbons (Fsp3) is 0.391. The second-order valence-corrected chi connectivity index (χ2v) is 10.00. The van der Waals surface area contributed by atoms with Crippen molar-refractivity contribution < 1.29 is 14.3 Å². The first-order valence-corrected chi connectivity index (χ1v) is 11.7. The Morgan fingerprint density at radius 1 is 1.17 bits per heavy atom. The zero-order valence-electron chi connectivity index (χ0n) is 16.9. The Morgan fingerprint density at radius 3 is 2.48 bits per heavy atom. The summed E-state index contributed by atoms with van der Waals surface area (Å²) < 4.78 is 5.57. The van der Waals surface area contributed by atoms with E-state index in [4.69, 9.17) is 4.74 Å². The summed E-state index contributed by atoms with van der Waals surface area (Å²) >= 11 is 3.28. The van der Waals surface area contributed by atoms with Crippen LogP contribution < -0.4 is 5.32 Å². The number of allylic oxidation sites excluding steroid dienone is 3. The van der Waals surface area contributed by atoms with Crippen molar-refractivity contribution in [3.63, 3.8) is 0 Å². The van der Waals surface area contributed by atoms with Crippen molar-refractivity contribution in [3.05, 3.63) is 67.3 Å². The number of hydrogen-bond donors (Lipinski definition) is 1. The molecular weight excluding hydrogens is 402 g/mol. The van der Waals surface area contributed by atoms with Crippen LogP contribution in [0, 0.1) is 5.92 Å². The van der Waals surface area contributed by atoms with E-state index in [0.717, 1.165) is 28.3 Å². The molecule has 0 aromatic carbocycles. The molecule has 0 bridgehead atoms. The van der Waals surface area contributed by atoms with E-state index in [0.29, 0.717) is 18.6 Å². The maximum Gasteiger partial charge on any atom is 0.336 e. The lowest BCUT2D eigenvalue weighted by molar-refractivity contribution is -0.140. The third-order valence-electron chi connectivity index (χ3n) is 5.37. The van der Waals surface area contributed by atoms with Gasteiger partial charge < -0.3 is 10.1 Å². The van der Waals surface area contributed by atoms with Gasteiger partial charge in [-0.2, -0.15) is 0 Å². The van der Waals surface area contributed by atoms with Crippen LogP contribution in [-0.2, 0) is 14.3 Å². The molecule has 0 unspecified atom stereocenters. The zero-order chi connectivity index (χ0) is 20.5. The highest BCUT2D eigenvalue weighted by Gasteiger charge is 2.42. The fourth-order valence-corrected chi connectivity index (χ4v) is 5.77. The van der Waals surface area contributed by atoms with Gasteiger partial charge in [-0.15, -0.1) is 22.7 Å². The molecular formula is C23H25NO3S2. The van der Waals surface area contributed by atoms with Crippen LogP contribution in [-0.4, -0.2) is 18.4 Å². The number of rotatable bonds is 5. The largest absolute Gasteiger partial charge is 0.462 e. The van der Waals surface area contributed by atoms with Gasteiger partial charge in [0.15, 0.2) is 5.78 Å². The van der Waals surface area contributed by atoms with Gasteiger partial charge in [-0.3, -0.25) is 4.79 Å². The molecule has 0 saturated carbocycles. The van der Waals surface area contributed by atoms with Crippen molar-refractivity contribution in [1.82, 2.24) is 5.32 Å². The lowest BCUT2D eigenvalue weighted by Gasteiger charge is -2.36. The van der Waals surface area contributed by atoms with Crippen molar-refractivity contribution in [2.75, 3.05) is 6.61 Å². The fourth-order valence-electron chi connectivity index (χ4n) is 4.09. The molecule has 3 heterocycles. The van der Waals surface area contributed by atoms with Crippen LogP contribution in [0.4, 0.5) is 0 Å². The molecule has 0 saturated heterocycles. The second kappa shape index (κ2) is 8.28. The number of carbonyl (C=O) groups is 2. The third kappa shape index (κ3) is 3.96. The normalized spacial score (nSPS) is 22.0. The van der Waals surface area contributed by atoms with E-state index in [-0.39, 0.29) is 29.5 Å². The van der Waals surface area contributed by atoms with Gasteiger partial charge in [-0.05, 0) is 42.2 Å². The quantitative estimate of drug-likeness (QED) is 0.652. The van der Waals surface area contributed by atoms with E-state index >= 15 is 0 Å². The minimum absolute atomic E-state index is 0.122. The van der Waals surface area contributed by atoms with Crippen LogP contribution in [0.2, 0.25) is 0 Å². The van der Waals surface area contributed by atoms with Crippen molar-refractivity contribution in [3.8, 4) is 0 Å². The van der Waals surface area contributed by atoms with Crippen molar-refractivity contribution in [2.24, 2.45) is 5.92 Å². The molecule has 1 N–H and O–H groups in total. The lowest BCUT2D eigenvalue weighted by Crippen LogP contribution is -2.36. The van der Waals surface area contributed by atoms with Crippen LogP contribution in [0.1, 0.15) is 55.2 Å². The Bertz CT molecular complexity index is 968. The van der Waals surface area contributed by atoms with Crippen molar-refractivity contribution in [1.29, 1.82) is 0 Å². The van der Waals surface area contributed by atoms with E-state index in [9.17, 15) is 9.59 Å². The molecule has 1 aliphatic heterocycles. The van der Waals surface area contributed by atoms with Crippen LogP contribution in [0.25, 0.3) is 0 Å². The first-order chi connectivity index (χ1) is 14.0. The summed E-state index contributed by atoms with van der Waals surface area (Å²) in [6.45, 7) is 6.31. The first-order valence-electron chi connectivity index (χ1n) is 9.93. The highest BCUT2D eigenvalue weighted by Crippen LogP contribution is 2.47. The Kier molecular flexibility index (Phi) is 5.74. The van der Waals surface area contributed by atoms with Crippen molar-refractivity contribution in [2.45, 2.75) is 45.4 Å². The molecule has 1 aliphatic carbocycles. The minimum Gasteiger partial charge on any atom is -0.462 e. The van der Waals surface area contributed by atoms with Crippen LogP contribution >= 0.6 is 22.7 Å². The predicted molar refractivity (Wildman–Crippen MR) is 117 cm³/mol. The Balaban J connectivity index is 1.72. The van der Waals surface area contributed by atoms with Gasteiger partial charge in [-0.25, -0.2) is 4.79 Å². The van der Waals surface area contributed by atoms with Crippen molar-refractivity contribution >= 4 is 34.4 Å². The summed E-state index contributed by atoms with van der Waals surface area (Å²) in [5.41, 5.74) is 3.05. The molecule has 0 fully saturated rings. The summed E-state index contributed by atoms with van der Waals surface area (Å²) in [5, 5.41) is 7.45. The summed E-state index contributed by atoms with van der Waals surface area (Å²) in [6, 6.07) is 8.11. The van der Waals surface area contributed by atoms with Gasteiger partial charge in [0.2, 0.25) is 0 Å². The number of thiophene rings is 2. The molecule has 2 aromatic heterocycles. The highest BCUT2D eigenvalue weighted by atomic mass is 32.1. The molecule has 2 atom stereocenters. The Morgan fingerprint density at radius 2 is 1.86 bits per heavy atom. The molecule has 4 rings (SSSR count). The number of esters is 1. The Hall–Kier alpha value is -2.18. The monoisotopic (exact) mass is 427 g/mol. The number of ether oxygens (including phenoxy) is 1. The van der Waals surface area contributed by atoms with Gasteiger partial charge in [0, 0.05) is 39.1 Å². The molecule has 2 aliphatic rings. The second-order valence-electron chi connectivity index (χ2n) is 8.04. The van der Waals surface area contributed by atoms with Crippen LogP contribution in [0.15, 0.2) is 57.6 Å². The first kappa shape index (κ1) is 20.1. The number of ketones is 1. The van der Waals surface area contributed by atoms with Crippen LogP contribution in [0.5, 0.6) is 0 Å². The van der Waals surface area contributed by atoms with E-state index in [1.807, 2.05) is 44.4 Å². The molecule has 0 amide bonds. The van der Waals surface area contributed by atoms with Gasteiger partial charge in [0.05, 0.1) is 18.1 Å². The number of Topliss-reactive ketones (excluding diaryl/α,β-unsaturated/α-hetero) is 1. The average Bonchev–Trinajstić information content (AvgIpc) is 3.38. The van der Waals surface area contributed by atoms with E-state index < -0.39 is 0 Å². The van der Waals surface area contributed by atoms with Gasteiger partial charge in [0.1, 0.15) is 0 Å². The standard InChI is InChI=1S/C23H25NO3S2/c1-13(2)12-27-23(26)20-14(3)24-16-10-15(18-6-4-8-28-18)11-17(25)21(16)22(20)19-7-5-9-29-19/h4-9,13,15,22,24H,10-12H2,1-3H3/t15-,22-/m1/s1. The lowest BCUT2D eigenvalue weighted by atomic mass is 9.74. The molecule has 29 heavy (non-hydrogen) atoms. The van der Waals surface area contributed by atoms with E-state index in [1.165, 1.54) is 4.88 Å². The predicted octanol–water partition coefficient (Wildman–Crippen LogP) is 5.37. The zero-order valence-corrected chi connectivity index (χ0v) is 18.5. The Labute approximate surface area is 179 Å².